The van der Waals surface area contributed by atoms with Gasteiger partial charge in [0.25, 0.3) is 5.91 Å². The number of hydrogen-bond donors (Lipinski definition) is 2. The van der Waals surface area contributed by atoms with E-state index in [0.717, 1.165) is 30.3 Å². The number of carbonyl (C=O) groups is 1. The maximum absolute atomic E-state index is 12.5. The fourth-order valence-electron chi connectivity index (χ4n) is 3.32. The number of nitrogens with zero attached hydrogens (tertiary/aromatic N) is 3. The molecule has 3 aromatic rings. The molecule has 2 aromatic heterocycles. The molecule has 0 spiro atoms. The number of carbonyl (C=O) groups excluding carboxylic acids is 1. The molecule has 3 heterocycles. The number of amides is 1. The fraction of sp³-hybridized carbons (Fsp3) is 0.286. The molecule has 6 heteroatoms. The molecule has 1 aromatic carbocycles. The number of piperidine rings is 1. The molecule has 6 nitrogen and oxygen atoms in total. The topological polar surface area (TPSA) is 73.9 Å². The van der Waals surface area contributed by atoms with E-state index < -0.39 is 0 Å². The first kappa shape index (κ1) is 17.3. The molecule has 1 saturated heterocycles. The summed E-state index contributed by atoms with van der Waals surface area (Å²) in [5, 5.41) is 9.91. The zero-order valence-corrected chi connectivity index (χ0v) is 15.4. The van der Waals surface area contributed by atoms with Gasteiger partial charge in [-0.3, -0.25) is 14.9 Å². The van der Waals surface area contributed by atoms with E-state index in [4.69, 9.17) is 0 Å². The quantitative estimate of drug-likeness (QED) is 0.738. The average molecular weight is 361 g/mol. The van der Waals surface area contributed by atoms with Crippen molar-refractivity contribution in [1.29, 1.82) is 0 Å². The predicted octanol–water partition coefficient (Wildman–Crippen LogP) is 3.96. The van der Waals surface area contributed by atoms with E-state index in [-0.39, 0.29) is 5.91 Å². The highest BCUT2D eigenvalue weighted by atomic mass is 16.1. The molecule has 0 unspecified atom stereocenters. The van der Waals surface area contributed by atoms with E-state index in [1.54, 1.807) is 18.5 Å². The molecule has 1 fully saturated rings. The Morgan fingerprint density at radius 3 is 2.67 bits per heavy atom. The Morgan fingerprint density at radius 2 is 1.96 bits per heavy atom. The summed E-state index contributed by atoms with van der Waals surface area (Å²) >= 11 is 0. The van der Waals surface area contributed by atoms with Crippen LogP contribution in [0.15, 0.2) is 54.9 Å². The van der Waals surface area contributed by atoms with Crippen LogP contribution >= 0.6 is 0 Å². The summed E-state index contributed by atoms with van der Waals surface area (Å²) in [6.45, 7) is 4.50. The van der Waals surface area contributed by atoms with E-state index in [0.29, 0.717) is 11.4 Å². The number of H-pyrrole nitrogens is 1. The summed E-state index contributed by atoms with van der Waals surface area (Å²) in [6, 6.07) is 13.5. The standard InChI is InChI=1S/C21H23N5O/c1-15-8-11-26(12-9-15)18-6-4-17(5-7-18)23-21(27)20-13-19(24-25-20)16-3-2-10-22-14-16/h2-7,10,13-15H,8-9,11-12H2,1H3,(H,23,27)(H,24,25). The second-order valence-corrected chi connectivity index (χ2v) is 7.08. The van der Waals surface area contributed by atoms with Gasteiger partial charge < -0.3 is 10.2 Å². The Morgan fingerprint density at radius 1 is 1.19 bits per heavy atom. The number of nitrogens with one attached hydrogen (secondary N) is 2. The maximum atomic E-state index is 12.5. The smallest absolute Gasteiger partial charge is 0.273 e. The van der Waals surface area contributed by atoms with Crippen LogP contribution in [0.2, 0.25) is 0 Å². The Labute approximate surface area is 158 Å². The fourth-order valence-corrected chi connectivity index (χ4v) is 3.32. The first-order chi connectivity index (χ1) is 13.2. The SMILES string of the molecule is CC1CCN(c2ccc(NC(=O)c3cc(-c4cccnc4)n[nH]3)cc2)CC1. The van der Waals surface area contributed by atoms with E-state index in [2.05, 4.69) is 44.5 Å². The molecule has 1 aliphatic rings. The van der Waals surface area contributed by atoms with Gasteiger partial charge in [0.2, 0.25) is 0 Å². The van der Waals surface area contributed by atoms with Gasteiger partial charge in [0, 0.05) is 42.4 Å². The number of rotatable bonds is 4. The highest BCUT2D eigenvalue weighted by Crippen LogP contribution is 2.24. The van der Waals surface area contributed by atoms with E-state index >= 15 is 0 Å². The highest BCUT2D eigenvalue weighted by Gasteiger charge is 2.16. The number of aromatic amines is 1. The van der Waals surface area contributed by atoms with Crippen LogP contribution in [0, 0.1) is 5.92 Å². The lowest BCUT2D eigenvalue weighted by atomic mass is 9.99. The normalized spacial score (nSPS) is 14.9. The van der Waals surface area contributed by atoms with Crippen LogP contribution in [-0.2, 0) is 0 Å². The lowest BCUT2D eigenvalue weighted by Gasteiger charge is -2.32. The monoisotopic (exact) mass is 361 g/mol. The molecule has 0 saturated carbocycles. The Balaban J connectivity index is 1.40. The largest absolute Gasteiger partial charge is 0.372 e. The van der Waals surface area contributed by atoms with Crippen LogP contribution in [0.1, 0.15) is 30.3 Å². The summed E-state index contributed by atoms with van der Waals surface area (Å²) in [5.74, 6) is 0.600. The maximum Gasteiger partial charge on any atom is 0.273 e. The Hall–Kier alpha value is -3.15. The first-order valence-corrected chi connectivity index (χ1v) is 9.31. The Bertz CT molecular complexity index is 896. The number of benzene rings is 1. The number of hydrogen-bond acceptors (Lipinski definition) is 4. The summed E-state index contributed by atoms with van der Waals surface area (Å²) in [7, 11) is 0. The van der Waals surface area contributed by atoms with Crippen LogP contribution in [-0.4, -0.2) is 34.2 Å². The van der Waals surface area contributed by atoms with Crippen LogP contribution < -0.4 is 10.2 Å². The molecule has 138 valence electrons. The van der Waals surface area contributed by atoms with Crippen molar-refractivity contribution in [2.45, 2.75) is 19.8 Å². The lowest BCUT2D eigenvalue weighted by Crippen LogP contribution is -2.32. The van der Waals surface area contributed by atoms with Crippen molar-refractivity contribution in [2.24, 2.45) is 5.92 Å². The highest BCUT2D eigenvalue weighted by molar-refractivity contribution is 6.03. The molecule has 0 bridgehead atoms. The molecule has 4 rings (SSSR count). The third kappa shape index (κ3) is 4.00. The zero-order chi connectivity index (χ0) is 18.6. The van der Waals surface area contributed by atoms with Gasteiger partial charge in [-0.1, -0.05) is 6.92 Å². The van der Waals surface area contributed by atoms with Gasteiger partial charge in [-0.25, -0.2) is 0 Å². The second kappa shape index (κ2) is 7.61. The molecule has 0 aliphatic carbocycles. The molecular formula is C21H23N5O. The molecule has 27 heavy (non-hydrogen) atoms. The van der Waals surface area contributed by atoms with Crippen LogP contribution in [0.4, 0.5) is 11.4 Å². The summed E-state index contributed by atoms with van der Waals surface area (Å²) in [4.78, 5) is 19.0. The first-order valence-electron chi connectivity index (χ1n) is 9.31. The minimum absolute atomic E-state index is 0.211. The van der Waals surface area contributed by atoms with Gasteiger partial charge in [-0.05, 0) is 61.2 Å². The predicted molar refractivity (Wildman–Crippen MR) is 107 cm³/mol. The van der Waals surface area contributed by atoms with E-state index in [1.807, 2.05) is 24.3 Å². The number of anilines is 2. The second-order valence-electron chi connectivity index (χ2n) is 7.08. The van der Waals surface area contributed by atoms with E-state index in [9.17, 15) is 4.79 Å². The molecule has 0 radical (unpaired) electrons. The zero-order valence-electron chi connectivity index (χ0n) is 15.4. The molecular weight excluding hydrogens is 338 g/mol. The summed E-state index contributed by atoms with van der Waals surface area (Å²) in [5.41, 5.74) is 3.96. The minimum atomic E-state index is -0.211. The summed E-state index contributed by atoms with van der Waals surface area (Å²) in [6.07, 6.45) is 5.89. The van der Waals surface area contributed by atoms with Gasteiger partial charge in [-0.15, -0.1) is 0 Å². The van der Waals surface area contributed by atoms with Gasteiger partial charge in [0.1, 0.15) is 5.69 Å². The van der Waals surface area contributed by atoms with Crippen LogP contribution in [0.3, 0.4) is 0 Å². The lowest BCUT2D eigenvalue weighted by molar-refractivity contribution is 0.102. The van der Waals surface area contributed by atoms with Crippen molar-refractivity contribution in [3.8, 4) is 11.3 Å². The van der Waals surface area contributed by atoms with Gasteiger partial charge in [0.05, 0.1) is 5.69 Å². The van der Waals surface area contributed by atoms with Crippen molar-refractivity contribution in [3.05, 3.63) is 60.6 Å². The van der Waals surface area contributed by atoms with Gasteiger partial charge in [0.15, 0.2) is 0 Å². The minimum Gasteiger partial charge on any atom is -0.372 e. The average Bonchev–Trinajstić information content (AvgIpc) is 3.20. The summed E-state index contributed by atoms with van der Waals surface area (Å²) < 4.78 is 0. The van der Waals surface area contributed by atoms with E-state index in [1.165, 1.54) is 18.5 Å². The van der Waals surface area contributed by atoms with Crippen molar-refractivity contribution in [3.63, 3.8) is 0 Å². The molecule has 2 N–H and O–H groups in total. The Kier molecular flexibility index (Phi) is 4.87. The third-order valence-electron chi connectivity index (χ3n) is 5.05. The van der Waals surface area contributed by atoms with Crippen molar-refractivity contribution in [2.75, 3.05) is 23.3 Å². The number of pyridine rings is 1. The third-order valence-corrected chi connectivity index (χ3v) is 5.05. The molecule has 0 atom stereocenters. The van der Waals surface area contributed by atoms with Crippen LogP contribution in [0.5, 0.6) is 0 Å². The molecule has 1 amide bonds. The number of aromatic nitrogens is 3. The van der Waals surface area contributed by atoms with Crippen LogP contribution in [0.25, 0.3) is 11.3 Å². The molecule has 1 aliphatic heterocycles. The van der Waals surface area contributed by atoms with Gasteiger partial charge in [-0.2, -0.15) is 5.10 Å². The van der Waals surface area contributed by atoms with Crippen molar-refractivity contribution < 1.29 is 4.79 Å². The van der Waals surface area contributed by atoms with Crippen molar-refractivity contribution >= 4 is 17.3 Å². The van der Waals surface area contributed by atoms with Gasteiger partial charge >= 0.3 is 0 Å². The van der Waals surface area contributed by atoms with Crippen molar-refractivity contribution in [1.82, 2.24) is 15.2 Å².